The number of esters is 1. The average Bonchev–Trinajstić information content (AvgIpc) is 3.37. The quantitative estimate of drug-likeness (QED) is 0.319. The normalized spacial score (nSPS) is 10.4. The van der Waals surface area contributed by atoms with Gasteiger partial charge in [-0.3, -0.25) is 0 Å². The molecular formula is C25H30N4O4S. The molecule has 180 valence electrons. The third-order valence-corrected chi connectivity index (χ3v) is 5.55. The summed E-state index contributed by atoms with van der Waals surface area (Å²) in [5, 5.41) is 3.86. The smallest absolute Gasteiger partial charge is 0.338 e. The lowest BCUT2D eigenvalue weighted by atomic mass is 10.1. The third kappa shape index (κ3) is 6.95. The Labute approximate surface area is 205 Å². The predicted octanol–water partition coefficient (Wildman–Crippen LogP) is 4.37. The summed E-state index contributed by atoms with van der Waals surface area (Å²) in [6.45, 7) is 4.23. The van der Waals surface area contributed by atoms with Crippen molar-refractivity contribution in [1.82, 2.24) is 14.5 Å². The first-order chi connectivity index (χ1) is 16.5. The summed E-state index contributed by atoms with van der Waals surface area (Å²) < 4.78 is 18.0. The number of nitrogens with zero attached hydrogens (tertiary/aromatic N) is 3. The largest absolute Gasteiger partial charge is 0.497 e. The molecule has 0 saturated heterocycles. The van der Waals surface area contributed by atoms with Crippen LogP contribution in [0.15, 0.2) is 61.2 Å². The highest BCUT2D eigenvalue weighted by Crippen LogP contribution is 2.26. The maximum absolute atomic E-state index is 11.9. The van der Waals surface area contributed by atoms with Gasteiger partial charge < -0.3 is 29.0 Å². The molecule has 0 bridgehead atoms. The molecular weight excluding hydrogens is 452 g/mol. The first-order valence-electron chi connectivity index (χ1n) is 11.0. The second-order valence-corrected chi connectivity index (χ2v) is 7.87. The number of hydrogen-bond donors (Lipinski definition) is 1. The van der Waals surface area contributed by atoms with Crippen molar-refractivity contribution >= 4 is 29.0 Å². The fourth-order valence-corrected chi connectivity index (χ4v) is 3.68. The molecule has 0 spiro atoms. The zero-order chi connectivity index (χ0) is 24.3. The lowest BCUT2D eigenvalue weighted by molar-refractivity contribution is 0.0526. The molecule has 0 aliphatic rings. The molecule has 8 nitrogen and oxygen atoms in total. The standard InChI is InChI=1S/C25H30N4O4S/c1-4-33-24(30)19-6-9-21(10-7-19)27-25(34)29(14-5-13-28-15-12-26-18-28)17-20-8-11-22(31-2)16-23(20)32-3/h6-12,15-16,18H,4-5,13-14,17H2,1-3H3,(H,27,34). The number of carbonyl (C=O) groups excluding carboxylic acids is 1. The molecule has 34 heavy (non-hydrogen) atoms. The van der Waals surface area contributed by atoms with Crippen molar-refractivity contribution in [1.29, 1.82) is 0 Å². The minimum absolute atomic E-state index is 0.339. The van der Waals surface area contributed by atoms with E-state index in [1.807, 2.05) is 41.1 Å². The zero-order valence-corrected chi connectivity index (χ0v) is 20.5. The number of hydrogen-bond acceptors (Lipinski definition) is 6. The maximum Gasteiger partial charge on any atom is 0.338 e. The summed E-state index contributed by atoms with van der Waals surface area (Å²) >= 11 is 5.76. The van der Waals surface area contributed by atoms with Crippen LogP contribution in [-0.2, 0) is 17.8 Å². The van der Waals surface area contributed by atoms with Crippen molar-refractivity contribution in [2.45, 2.75) is 26.4 Å². The van der Waals surface area contributed by atoms with Gasteiger partial charge in [0.1, 0.15) is 11.5 Å². The molecule has 1 aromatic heterocycles. The molecule has 0 atom stereocenters. The van der Waals surface area contributed by atoms with E-state index in [-0.39, 0.29) is 5.97 Å². The zero-order valence-electron chi connectivity index (χ0n) is 19.7. The number of carbonyl (C=O) groups is 1. The molecule has 0 saturated carbocycles. The van der Waals surface area contributed by atoms with E-state index in [2.05, 4.69) is 15.2 Å². The number of nitrogens with one attached hydrogen (secondary N) is 1. The van der Waals surface area contributed by atoms with Crippen LogP contribution in [0.5, 0.6) is 11.5 Å². The minimum atomic E-state index is -0.343. The van der Waals surface area contributed by atoms with Crippen LogP contribution in [0.3, 0.4) is 0 Å². The van der Waals surface area contributed by atoms with Gasteiger partial charge in [-0.2, -0.15) is 0 Å². The van der Waals surface area contributed by atoms with E-state index in [0.717, 1.165) is 42.3 Å². The van der Waals surface area contributed by atoms with Gasteiger partial charge in [0.15, 0.2) is 5.11 Å². The maximum atomic E-state index is 11.9. The van der Waals surface area contributed by atoms with Crippen LogP contribution in [0, 0.1) is 0 Å². The molecule has 0 aliphatic heterocycles. The van der Waals surface area contributed by atoms with E-state index in [0.29, 0.717) is 23.8 Å². The van der Waals surface area contributed by atoms with E-state index in [1.54, 1.807) is 45.8 Å². The van der Waals surface area contributed by atoms with Gasteiger partial charge in [0.25, 0.3) is 0 Å². The van der Waals surface area contributed by atoms with Crippen LogP contribution in [0.4, 0.5) is 5.69 Å². The van der Waals surface area contributed by atoms with Gasteiger partial charge in [0.05, 0.1) is 32.7 Å². The Morgan fingerprint density at radius 2 is 1.94 bits per heavy atom. The molecule has 0 unspecified atom stereocenters. The van der Waals surface area contributed by atoms with Crippen LogP contribution in [-0.4, -0.2) is 52.9 Å². The van der Waals surface area contributed by atoms with E-state index in [1.165, 1.54) is 0 Å². The second kappa shape index (κ2) is 12.6. The van der Waals surface area contributed by atoms with E-state index < -0.39 is 0 Å². The third-order valence-electron chi connectivity index (χ3n) is 5.19. The first kappa shape index (κ1) is 25.0. The summed E-state index contributed by atoms with van der Waals surface area (Å²) in [4.78, 5) is 18.1. The highest BCUT2D eigenvalue weighted by Gasteiger charge is 2.15. The molecule has 1 N–H and O–H groups in total. The Kier molecular flexibility index (Phi) is 9.28. The molecule has 3 rings (SSSR count). The number of methoxy groups -OCH3 is 2. The van der Waals surface area contributed by atoms with Gasteiger partial charge in [-0.25, -0.2) is 9.78 Å². The van der Waals surface area contributed by atoms with E-state index in [9.17, 15) is 4.79 Å². The highest BCUT2D eigenvalue weighted by molar-refractivity contribution is 7.80. The summed E-state index contributed by atoms with van der Waals surface area (Å²) in [6.07, 6.45) is 6.39. The Bertz CT molecular complexity index is 1070. The van der Waals surface area contributed by atoms with E-state index >= 15 is 0 Å². The Hall–Kier alpha value is -3.59. The van der Waals surface area contributed by atoms with Crippen molar-refractivity contribution in [3.8, 4) is 11.5 Å². The van der Waals surface area contributed by atoms with Gasteiger partial charge in [-0.15, -0.1) is 0 Å². The highest BCUT2D eigenvalue weighted by atomic mass is 32.1. The monoisotopic (exact) mass is 482 g/mol. The number of aryl methyl sites for hydroxylation is 1. The Morgan fingerprint density at radius 1 is 1.15 bits per heavy atom. The van der Waals surface area contributed by atoms with Crippen LogP contribution in [0.1, 0.15) is 29.3 Å². The molecule has 0 fully saturated rings. The summed E-state index contributed by atoms with van der Waals surface area (Å²) in [6, 6.07) is 12.8. The number of rotatable bonds is 11. The SMILES string of the molecule is CCOC(=O)c1ccc(NC(=S)N(CCCn2ccnc2)Cc2ccc(OC)cc2OC)cc1. The minimum Gasteiger partial charge on any atom is -0.497 e. The van der Waals surface area contributed by atoms with Crippen LogP contribution in [0.2, 0.25) is 0 Å². The average molecular weight is 483 g/mol. The first-order valence-corrected chi connectivity index (χ1v) is 11.4. The lowest BCUT2D eigenvalue weighted by Gasteiger charge is -2.27. The number of thiocarbonyl (C=S) groups is 1. The Balaban J connectivity index is 1.72. The number of imidazole rings is 1. The molecule has 3 aromatic rings. The van der Waals surface area contributed by atoms with Gasteiger partial charge >= 0.3 is 5.97 Å². The number of benzene rings is 2. The summed E-state index contributed by atoms with van der Waals surface area (Å²) in [5.41, 5.74) is 2.28. The van der Waals surface area contributed by atoms with Crippen molar-refractivity contribution in [2.24, 2.45) is 0 Å². The van der Waals surface area contributed by atoms with Gasteiger partial charge in [-0.1, -0.05) is 0 Å². The Morgan fingerprint density at radius 3 is 2.59 bits per heavy atom. The number of anilines is 1. The summed E-state index contributed by atoms with van der Waals surface area (Å²) in [5.74, 6) is 1.12. The molecule has 1 heterocycles. The van der Waals surface area contributed by atoms with Gasteiger partial charge in [0, 0.05) is 49.3 Å². The molecule has 0 aliphatic carbocycles. The fourth-order valence-electron chi connectivity index (χ4n) is 3.41. The molecule has 9 heteroatoms. The second-order valence-electron chi connectivity index (χ2n) is 7.48. The van der Waals surface area contributed by atoms with Crippen LogP contribution >= 0.6 is 12.2 Å². The molecule has 0 amide bonds. The number of aromatic nitrogens is 2. The molecule has 2 aromatic carbocycles. The van der Waals surface area contributed by atoms with Crippen molar-refractivity contribution < 1.29 is 19.0 Å². The van der Waals surface area contributed by atoms with Crippen LogP contribution < -0.4 is 14.8 Å². The van der Waals surface area contributed by atoms with Crippen LogP contribution in [0.25, 0.3) is 0 Å². The number of ether oxygens (including phenoxy) is 3. The van der Waals surface area contributed by atoms with Gasteiger partial charge in [0.2, 0.25) is 0 Å². The van der Waals surface area contributed by atoms with E-state index in [4.69, 9.17) is 26.4 Å². The van der Waals surface area contributed by atoms with Gasteiger partial charge in [-0.05, 0) is 62.0 Å². The lowest BCUT2D eigenvalue weighted by Crippen LogP contribution is -2.35. The molecule has 0 radical (unpaired) electrons. The predicted molar refractivity (Wildman–Crippen MR) is 135 cm³/mol. The fraction of sp³-hybridized carbons (Fsp3) is 0.320. The van der Waals surface area contributed by atoms with Crippen molar-refractivity contribution in [2.75, 3.05) is 32.7 Å². The summed E-state index contributed by atoms with van der Waals surface area (Å²) in [7, 11) is 3.27. The topological polar surface area (TPSA) is 77.9 Å². The van der Waals surface area contributed by atoms with Crippen molar-refractivity contribution in [3.63, 3.8) is 0 Å². The van der Waals surface area contributed by atoms with Crippen molar-refractivity contribution in [3.05, 3.63) is 72.3 Å².